The van der Waals surface area contributed by atoms with Crippen molar-refractivity contribution >= 4 is 23.8 Å². The van der Waals surface area contributed by atoms with Crippen LogP contribution in [-0.4, -0.2) is 60.0 Å². The number of urea groups is 1. The first-order chi connectivity index (χ1) is 9.27. The Balaban J connectivity index is 4.23. The number of nitrogens with two attached hydrogens (primary N) is 1. The molecule has 0 heterocycles. The number of carbonyl (C=O) groups is 4. The molecule has 20 heavy (non-hydrogen) atoms. The van der Waals surface area contributed by atoms with Crippen molar-refractivity contribution in [3.8, 4) is 0 Å². The lowest BCUT2D eigenvalue weighted by molar-refractivity contribution is -0.139. The molecule has 9 nitrogen and oxygen atoms in total. The van der Waals surface area contributed by atoms with E-state index in [0.29, 0.717) is 6.54 Å². The molecule has 0 aliphatic carbocycles. The highest BCUT2D eigenvalue weighted by Gasteiger charge is 2.20. The summed E-state index contributed by atoms with van der Waals surface area (Å²) in [5, 5.41) is 13.3. The summed E-state index contributed by atoms with van der Waals surface area (Å²) in [6, 6.07) is -2.03. The van der Waals surface area contributed by atoms with Crippen LogP contribution in [0.25, 0.3) is 0 Å². The number of likely N-dealkylation sites (N-methyl/N-ethyl adjacent to an activating group) is 1. The summed E-state index contributed by atoms with van der Waals surface area (Å²) >= 11 is 0. The van der Waals surface area contributed by atoms with Crippen molar-refractivity contribution in [2.75, 3.05) is 20.1 Å². The van der Waals surface area contributed by atoms with Crippen LogP contribution in [0.4, 0.5) is 4.79 Å². The van der Waals surface area contributed by atoms with Crippen molar-refractivity contribution in [1.82, 2.24) is 15.5 Å². The molecule has 0 fully saturated rings. The monoisotopic (exact) mass is 288 g/mol. The fourth-order valence-corrected chi connectivity index (χ4v) is 1.22. The molecular weight excluding hydrogens is 268 g/mol. The van der Waals surface area contributed by atoms with Crippen molar-refractivity contribution in [2.24, 2.45) is 5.73 Å². The molecule has 1 atom stereocenters. The summed E-state index contributed by atoms with van der Waals surface area (Å²) in [5.74, 6) is -2.23. The average Bonchev–Trinajstić information content (AvgIpc) is 2.39. The van der Waals surface area contributed by atoms with E-state index < -0.39 is 23.9 Å². The maximum Gasteiger partial charge on any atom is 0.326 e. The Morgan fingerprint density at radius 2 is 1.90 bits per heavy atom. The van der Waals surface area contributed by atoms with Crippen molar-refractivity contribution in [3.05, 3.63) is 0 Å². The van der Waals surface area contributed by atoms with Crippen LogP contribution >= 0.6 is 0 Å². The van der Waals surface area contributed by atoms with Crippen LogP contribution in [0.2, 0.25) is 0 Å². The van der Waals surface area contributed by atoms with E-state index in [1.165, 1.54) is 4.90 Å². The summed E-state index contributed by atoms with van der Waals surface area (Å²) in [6.45, 7) is 2.04. The molecular formula is C11H20N4O5. The number of carboxylic acid groups (broad SMARTS) is 1. The van der Waals surface area contributed by atoms with E-state index >= 15 is 0 Å². The lowest BCUT2D eigenvalue weighted by Crippen LogP contribution is -2.48. The molecule has 0 radical (unpaired) electrons. The highest BCUT2D eigenvalue weighted by Crippen LogP contribution is 1.97. The lowest BCUT2D eigenvalue weighted by atomic mass is 10.1. The van der Waals surface area contributed by atoms with Gasteiger partial charge in [-0.15, -0.1) is 0 Å². The van der Waals surface area contributed by atoms with Crippen molar-refractivity contribution in [1.29, 1.82) is 0 Å². The number of aliphatic carboxylic acids is 1. The molecule has 0 aromatic heterocycles. The summed E-state index contributed by atoms with van der Waals surface area (Å²) in [6.07, 6.45) is -0.268. The molecule has 0 saturated carbocycles. The zero-order valence-corrected chi connectivity index (χ0v) is 11.5. The zero-order valence-electron chi connectivity index (χ0n) is 11.5. The number of rotatable bonds is 8. The van der Waals surface area contributed by atoms with Gasteiger partial charge in [0.25, 0.3) is 0 Å². The van der Waals surface area contributed by atoms with E-state index in [1.54, 1.807) is 14.0 Å². The van der Waals surface area contributed by atoms with Gasteiger partial charge in [-0.05, 0) is 13.3 Å². The molecule has 0 rings (SSSR count). The van der Waals surface area contributed by atoms with Gasteiger partial charge in [-0.3, -0.25) is 9.59 Å². The van der Waals surface area contributed by atoms with E-state index in [4.69, 9.17) is 10.8 Å². The number of carbonyl (C=O) groups excluding carboxylic acids is 3. The minimum atomic E-state index is -1.28. The van der Waals surface area contributed by atoms with Gasteiger partial charge in [0.2, 0.25) is 11.8 Å². The predicted molar refractivity (Wildman–Crippen MR) is 69.7 cm³/mol. The van der Waals surface area contributed by atoms with Gasteiger partial charge < -0.3 is 26.4 Å². The fourth-order valence-electron chi connectivity index (χ4n) is 1.22. The van der Waals surface area contributed by atoms with Gasteiger partial charge in [0.05, 0.1) is 6.54 Å². The number of hydrogen-bond donors (Lipinski definition) is 4. The van der Waals surface area contributed by atoms with Gasteiger partial charge in [-0.25, -0.2) is 9.59 Å². The normalized spacial score (nSPS) is 11.3. The van der Waals surface area contributed by atoms with Gasteiger partial charge in [0.1, 0.15) is 6.04 Å². The molecule has 0 spiro atoms. The maximum absolute atomic E-state index is 11.4. The van der Waals surface area contributed by atoms with Crippen LogP contribution < -0.4 is 16.4 Å². The van der Waals surface area contributed by atoms with Crippen molar-refractivity contribution in [3.63, 3.8) is 0 Å². The Kier molecular flexibility index (Phi) is 7.71. The highest BCUT2D eigenvalue weighted by atomic mass is 16.4. The first-order valence-electron chi connectivity index (χ1n) is 6.07. The SMILES string of the molecule is CCN(C)C(=O)CNC(=O)N[C@H](CCC(N)=O)C(=O)O. The molecule has 0 aromatic rings. The predicted octanol–water partition coefficient (Wildman–Crippen LogP) is -1.52. The zero-order chi connectivity index (χ0) is 15.7. The molecule has 0 aliphatic heterocycles. The molecule has 9 heteroatoms. The Morgan fingerprint density at radius 3 is 2.35 bits per heavy atom. The van der Waals surface area contributed by atoms with Crippen LogP contribution in [0.1, 0.15) is 19.8 Å². The minimum Gasteiger partial charge on any atom is -0.480 e. The number of amides is 4. The summed E-state index contributed by atoms with van der Waals surface area (Å²) < 4.78 is 0. The number of carboxylic acids is 1. The second-order valence-electron chi connectivity index (χ2n) is 4.13. The number of primary amides is 1. The molecule has 5 N–H and O–H groups in total. The Labute approximate surface area is 116 Å². The molecule has 0 unspecified atom stereocenters. The lowest BCUT2D eigenvalue weighted by Gasteiger charge is -2.17. The first kappa shape index (κ1) is 17.7. The molecule has 0 bridgehead atoms. The number of hydrogen-bond acceptors (Lipinski definition) is 4. The quantitative estimate of drug-likeness (QED) is 0.429. The van der Waals surface area contributed by atoms with E-state index in [-0.39, 0.29) is 25.3 Å². The van der Waals surface area contributed by atoms with Crippen LogP contribution in [0.5, 0.6) is 0 Å². The second-order valence-corrected chi connectivity index (χ2v) is 4.13. The fraction of sp³-hybridized carbons (Fsp3) is 0.636. The van der Waals surface area contributed by atoms with Gasteiger partial charge in [-0.2, -0.15) is 0 Å². The first-order valence-corrected chi connectivity index (χ1v) is 6.07. The molecule has 4 amide bonds. The molecule has 114 valence electrons. The standard InChI is InChI=1S/C11H20N4O5/c1-3-15(2)9(17)6-13-11(20)14-7(10(18)19)4-5-8(12)16/h7H,3-6H2,1-2H3,(H2,12,16)(H,18,19)(H2,13,14,20)/t7-/m1/s1. The Hall–Kier alpha value is -2.32. The van der Waals surface area contributed by atoms with Crippen LogP contribution in [-0.2, 0) is 14.4 Å². The molecule has 0 saturated heterocycles. The van der Waals surface area contributed by atoms with Gasteiger partial charge in [0.15, 0.2) is 0 Å². The average molecular weight is 288 g/mol. The van der Waals surface area contributed by atoms with Crippen LogP contribution in [0.15, 0.2) is 0 Å². The van der Waals surface area contributed by atoms with Crippen molar-refractivity contribution in [2.45, 2.75) is 25.8 Å². The van der Waals surface area contributed by atoms with E-state index in [1.807, 2.05) is 0 Å². The summed E-state index contributed by atoms with van der Waals surface area (Å²) in [4.78, 5) is 45.7. The van der Waals surface area contributed by atoms with Gasteiger partial charge >= 0.3 is 12.0 Å². The van der Waals surface area contributed by atoms with Crippen molar-refractivity contribution < 1.29 is 24.3 Å². The minimum absolute atomic E-state index is 0.110. The third-order valence-corrected chi connectivity index (χ3v) is 2.58. The number of nitrogens with one attached hydrogen (secondary N) is 2. The van der Waals surface area contributed by atoms with E-state index in [2.05, 4.69) is 10.6 Å². The Morgan fingerprint density at radius 1 is 1.30 bits per heavy atom. The van der Waals surface area contributed by atoms with E-state index in [0.717, 1.165) is 0 Å². The number of nitrogens with zero attached hydrogens (tertiary/aromatic N) is 1. The van der Waals surface area contributed by atoms with E-state index in [9.17, 15) is 19.2 Å². The third-order valence-electron chi connectivity index (χ3n) is 2.58. The summed E-state index contributed by atoms with van der Waals surface area (Å²) in [5.41, 5.74) is 4.91. The van der Waals surface area contributed by atoms with Crippen LogP contribution in [0.3, 0.4) is 0 Å². The third kappa shape index (κ3) is 7.19. The highest BCUT2D eigenvalue weighted by molar-refractivity contribution is 5.86. The maximum atomic E-state index is 11.4. The Bertz CT molecular complexity index is 385. The van der Waals surface area contributed by atoms with Crippen LogP contribution in [0, 0.1) is 0 Å². The van der Waals surface area contributed by atoms with Gasteiger partial charge in [-0.1, -0.05) is 0 Å². The molecule has 0 aromatic carbocycles. The second kappa shape index (κ2) is 8.73. The largest absolute Gasteiger partial charge is 0.480 e. The van der Waals surface area contributed by atoms with Gasteiger partial charge in [0, 0.05) is 20.0 Å². The molecule has 0 aliphatic rings. The summed E-state index contributed by atoms with van der Waals surface area (Å²) in [7, 11) is 1.58. The smallest absolute Gasteiger partial charge is 0.326 e. The topological polar surface area (TPSA) is 142 Å².